The van der Waals surface area contributed by atoms with Gasteiger partial charge in [-0.1, -0.05) is 12.1 Å². The monoisotopic (exact) mass is 382 g/mol. The van der Waals surface area contributed by atoms with E-state index in [4.69, 9.17) is 0 Å². The second-order valence-corrected chi connectivity index (χ2v) is 8.98. The van der Waals surface area contributed by atoms with Crippen molar-refractivity contribution in [1.29, 1.82) is 0 Å². The molecule has 1 aromatic rings. The zero-order chi connectivity index (χ0) is 19.7. The number of hydrogen-bond acceptors (Lipinski definition) is 4. The molecule has 0 aliphatic carbocycles. The molecule has 0 aliphatic rings. The third-order valence-electron chi connectivity index (χ3n) is 4.10. The van der Waals surface area contributed by atoms with Gasteiger partial charge in [0.15, 0.2) is 15.8 Å². The summed E-state index contributed by atoms with van der Waals surface area (Å²) in [6.07, 6.45) is 1.21. The van der Waals surface area contributed by atoms with Gasteiger partial charge in [-0.15, -0.1) is 0 Å². The molecule has 6 nitrogen and oxygen atoms in total. The molecule has 0 fully saturated rings. The van der Waals surface area contributed by atoms with Crippen molar-refractivity contribution < 1.29 is 8.42 Å². The summed E-state index contributed by atoms with van der Waals surface area (Å²) >= 11 is 0. The lowest BCUT2D eigenvalue weighted by Crippen LogP contribution is -2.45. The van der Waals surface area contributed by atoms with Gasteiger partial charge in [0.25, 0.3) is 0 Å². The summed E-state index contributed by atoms with van der Waals surface area (Å²) in [7, 11) is -3.16. The molecule has 0 spiro atoms. The number of rotatable bonds is 9. The average molecular weight is 383 g/mol. The Morgan fingerprint density at radius 3 is 2.12 bits per heavy atom. The van der Waals surface area contributed by atoms with Gasteiger partial charge in [0, 0.05) is 38.0 Å². The number of nitrogens with one attached hydrogen (secondary N) is 2. The second kappa shape index (κ2) is 10.5. The van der Waals surface area contributed by atoms with Crippen LogP contribution in [0.3, 0.4) is 0 Å². The van der Waals surface area contributed by atoms with Gasteiger partial charge in [-0.05, 0) is 52.3 Å². The Morgan fingerprint density at radius 1 is 1.08 bits per heavy atom. The maximum absolute atomic E-state index is 11.5. The normalized spacial score (nSPS) is 12.9. The lowest BCUT2D eigenvalue weighted by atomic mass is 10.2. The van der Waals surface area contributed by atoms with E-state index in [1.807, 2.05) is 19.1 Å². The van der Waals surface area contributed by atoms with Crippen molar-refractivity contribution in [3.63, 3.8) is 0 Å². The molecule has 0 unspecified atom stereocenters. The van der Waals surface area contributed by atoms with Crippen LogP contribution in [-0.2, 0) is 16.4 Å². The number of hydrogen-bond donors (Lipinski definition) is 2. The fourth-order valence-corrected chi connectivity index (χ4v) is 3.40. The molecular weight excluding hydrogens is 348 g/mol. The first-order valence-electron chi connectivity index (χ1n) is 9.22. The Morgan fingerprint density at radius 2 is 1.65 bits per heavy atom. The third kappa shape index (κ3) is 7.74. The number of sulfone groups is 1. The second-order valence-electron chi connectivity index (χ2n) is 6.96. The Balaban J connectivity index is 2.65. The van der Waals surface area contributed by atoms with Crippen LogP contribution in [0.1, 0.15) is 40.2 Å². The molecule has 0 bridgehead atoms. The number of aliphatic imine (C=N–C) groups is 1. The van der Waals surface area contributed by atoms with Crippen molar-refractivity contribution in [3.8, 4) is 0 Å². The fourth-order valence-electron chi connectivity index (χ4n) is 2.77. The van der Waals surface area contributed by atoms with Crippen LogP contribution in [0.25, 0.3) is 0 Å². The molecule has 1 rings (SSSR count). The van der Waals surface area contributed by atoms with E-state index < -0.39 is 9.84 Å². The molecule has 0 aliphatic heterocycles. The van der Waals surface area contributed by atoms with E-state index in [1.165, 1.54) is 6.26 Å². The van der Waals surface area contributed by atoms with Gasteiger partial charge in [0.05, 0.1) is 11.4 Å². The molecular formula is C19H34N4O2S. The van der Waals surface area contributed by atoms with Crippen LogP contribution < -0.4 is 10.6 Å². The van der Waals surface area contributed by atoms with E-state index in [1.54, 1.807) is 12.1 Å². The van der Waals surface area contributed by atoms with E-state index in [2.05, 4.69) is 48.2 Å². The highest BCUT2D eigenvalue weighted by Crippen LogP contribution is 2.11. The summed E-state index contributed by atoms with van der Waals surface area (Å²) in [4.78, 5) is 7.35. The van der Waals surface area contributed by atoms with Gasteiger partial charge >= 0.3 is 0 Å². The molecule has 2 N–H and O–H groups in total. The van der Waals surface area contributed by atoms with Crippen LogP contribution in [0, 0.1) is 0 Å². The van der Waals surface area contributed by atoms with Crippen molar-refractivity contribution in [2.45, 2.75) is 58.1 Å². The lowest BCUT2D eigenvalue weighted by molar-refractivity contribution is 0.178. The van der Waals surface area contributed by atoms with E-state index in [0.29, 0.717) is 23.5 Å². The minimum atomic E-state index is -3.16. The maximum Gasteiger partial charge on any atom is 0.191 e. The minimum absolute atomic E-state index is 0.331. The van der Waals surface area contributed by atoms with E-state index in [0.717, 1.165) is 31.2 Å². The van der Waals surface area contributed by atoms with Crippen LogP contribution in [0.15, 0.2) is 34.2 Å². The van der Waals surface area contributed by atoms with Gasteiger partial charge in [0.1, 0.15) is 0 Å². The summed E-state index contributed by atoms with van der Waals surface area (Å²) in [5, 5.41) is 6.61. The van der Waals surface area contributed by atoms with Gasteiger partial charge < -0.3 is 10.6 Å². The molecule has 0 radical (unpaired) electrons. The van der Waals surface area contributed by atoms with Gasteiger partial charge in [-0.3, -0.25) is 4.90 Å². The molecule has 0 heterocycles. The highest BCUT2D eigenvalue weighted by molar-refractivity contribution is 7.90. The summed E-state index contributed by atoms with van der Waals surface area (Å²) in [5.74, 6) is 0.771. The average Bonchev–Trinajstić information content (AvgIpc) is 2.55. The molecule has 1 aromatic carbocycles. The molecule has 26 heavy (non-hydrogen) atoms. The van der Waals surface area contributed by atoms with Crippen LogP contribution in [0.4, 0.5) is 0 Å². The molecule has 148 valence electrons. The first-order chi connectivity index (χ1) is 12.1. The number of benzene rings is 1. The van der Waals surface area contributed by atoms with E-state index >= 15 is 0 Å². The summed E-state index contributed by atoms with van der Waals surface area (Å²) in [6, 6.07) is 7.88. The first kappa shape index (κ1) is 22.4. The van der Waals surface area contributed by atoms with Crippen molar-refractivity contribution in [1.82, 2.24) is 15.5 Å². The highest BCUT2D eigenvalue weighted by Gasteiger charge is 2.12. The quantitative estimate of drug-likeness (QED) is 0.506. The van der Waals surface area contributed by atoms with Gasteiger partial charge in [0.2, 0.25) is 0 Å². The third-order valence-corrected chi connectivity index (χ3v) is 5.23. The molecule has 0 aromatic heterocycles. The molecule has 0 amide bonds. The SMILES string of the molecule is CCNC(=NCc1ccc(S(C)(=O)=O)cc1)NCCN(C(C)C)C(C)C. The predicted molar refractivity (Wildman–Crippen MR) is 109 cm³/mol. The summed E-state index contributed by atoms with van der Waals surface area (Å²) < 4.78 is 23.0. The van der Waals surface area contributed by atoms with Crippen LogP contribution >= 0.6 is 0 Å². The largest absolute Gasteiger partial charge is 0.357 e. The Bertz CT molecular complexity index is 659. The molecule has 0 atom stereocenters. The summed E-state index contributed by atoms with van der Waals surface area (Å²) in [5.41, 5.74) is 0.973. The smallest absolute Gasteiger partial charge is 0.191 e. The van der Waals surface area contributed by atoms with E-state index in [-0.39, 0.29) is 0 Å². The van der Waals surface area contributed by atoms with Crippen molar-refractivity contribution >= 4 is 15.8 Å². The van der Waals surface area contributed by atoms with Crippen molar-refractivity contribution in [2.75, 3.05) is 25.9 Å². The molecule has 0 saturated carbocycles. The molecule has 0 saturated heterocycles. The fraction of sp³-hybridized carbons (Fsp3) is 0.632. The standard InChI is InChI=1S/C19H34N4O2S/c1-7-20-19(21-12-13-23(15(2)3)16(4)5)22-14-17-8-10-18(11-9-17)26(6,24)25/h8-11,15-16H,7,12-14H2,1-6H3,(H2,20,21,22). The van der Waals surface area contributed by atoms with E-state index in [9.17, 15) is 8.42 Å². The zero-order valence-corrected chi connectivity index (χ0v) is 17.7. The Hall–Kier alpha value is -1.60. The van der Waals surface area contributed by atoms with Crippen LogP contribution in [-0.4, -0.2) is 57.3 Å². The van der Waals surface area contributed by atoms with Crippen LogP contribution in [0.2, 0.25) is 0 Å². The number of nitrogens with zero attached hydrogens (tertiary/aromatic N) is 2. The molecule has 7 heteroatoms. The first-order valence-corrected chi connectivity index (χ1v) is 11.1. The zero-order valence-electron chi connectivity index (χ0n) is 16.9. The van der Waals surface area contributed by atoms with Crippen molar-refractivity contribution in [3.05, 3.63) is 29.8 Å². The van der Waals surface area contributed by atoms with Gasteiger partial charge in [-0.25, -0.2) is 13.4 Å². The summed E-state index contributed by atoms with van der Waals surface area (Å²) in [6.45, 7) is 13.9. The van der Waals surface area contributed by atoms with Crippen LogP contribution in [0.5, 0.6) is 0 Å². The maximum atomic E-state index is 11.5. The predicted octanol–water partition coefficient (Wildman–Crippen LogP) is 2.26. The Labute approximate surface area is 159 Å². The number of guanidine groups is 1. The highest BCUT2D eigenvalue weighted by atomic mass is 32.2. The van der Waals surface area contributed by atoms with Gasteiger partial charge in [-0.2, -0.15) is 0 Å². The van der Waals surface area contributed by atoms with Crippen molar-refractivity contribution in [2.24, 2.45) is 4.99 Å². The Kier molecular flexibility index (Phi) is 9.08. The minimum Gasteiger partial charge on any atom is -0.357 e. The topological polar surface area (TPSA) is 73.8 Å². The lowest BCUT2D eigenvalue weighted by Gasteiger charge is -2.30.